The van der Waals surface area contributed by atoms with E-state index in [1.54, 1.807) is 30.3 Å². The molecule has 0 amide bonds. The summed E-state index contributed by atoms with van der Waals surface area (Å²) >= 11 is 0. The molecular weight excluding hydrogens is 416 g/mol. The third kappa shape index (κ3) is 4.54. The van der Waals surface area contributed by atoms with Gasteiger partial charge in [-0.15, -0.1) is 0 Å². The molecule has 0 unspecified atom stereocenters. The summed E-state index contributed by atoms with van der Waals surface area (Å²) in [5.74, 6) is 0.313. The average Bonchev–Trinajstić information content (AvgIpc) is 2.78. The number of benzene rings is 3. The quantitative estimate of drug-likeness (QED) is 0.390. The number of hydrogen-bond acceptors (Lipinski definition) is 8. The number of methoxy groups -OCH3 is 4. The molecule has 0 aliphatic rings. The average molecular weight is 442 g/mol. The number of phenols is 4. The van der Waals surface area contributed by atoms with Crippen molar-refractivity contribution in [1.29, 1.82) is 0 Å². The standard InChI is InChI=1S/C24H26O8/c1-29-18-9-14(10-19(30-2)23(18)27)5-13-6-16(22(26)17(25)8-13)7-15-11-20(31-3)24(28)21(12-15)32-4/h6,8-12,25-28H,5,7H2,1-4H3. The minimum Gasteiger partial charge on any atom is -0.504 e. The Hall–Kier alpha value is -3.94. The normalized spacial score (nSPS) is 10.6. The number of hydrogen-bond donors (Lipinski definition) is 4. The van der Waals surface area contributed by atoms with Gasteiger partial charge in [-0.3, -0.25) is 0 Å². The van der Waals surface area contributed by atoms with Crippen LogP contribution in [-0.4, -0.2) is 48.9 Å². The molecule has 0 aromatic heterocycles. The summed E-state index contributed by atoms with van der Waals surface area (Å²) < 4.78 is 20.8. The van der Waals surface area contributed by atoms with Gasteiger partial charge in [-0.25, -0.2) is 0 Å². The lowest BCUT2D eigenvalue weighted by molar-refractivity contribution is 0.339. The van der Waals surface area contributed by atoms with E-state index < -0.39 is 0 Å². The molecule has 0 bridgehead atoms. The van der Waals surface area contributed by atoms with Crippen molar-refractivity contribution in [3.63, 3.8) is 0 Å². The minimum absolute atomic E-state index is 0.0942. The molecule has 170 valence electrons. The lowest BCUT2D eigenvalue weighted by Gasteiger charge is -2.14. The molecule has 8 heteroatoms. The van der Waals surface area contributed by atoms with Crippen LogP contribution in [0.5, 0.6) is 46.0 Å². The highest BCUT2D eigenvalue weighted by atomic mass is 16.5. The van der Waals surface area contributed by atoms with Crippen molar-refractivity contribution in [2.24, 2.45) is 0 Å². The fourth-order valence-corrected chi connectivity index (χ4v) is 3.53. The SMILES string of the molecule is COc1cc(Cc2cc(O)c(O)c(Cc3cc(OC)c(O)c(OC)c3)c2)cc(OC)c1O. The van der Waals surface area contributed by atoms with Gasteiger partial charge >= 0.3 is 0 Å². The van der Waals surface area contributed by atoms with Gasteiger partial charge in [-0.2, -0.15) is 0 Å². The Bertz CT molecular complexity index is 1070. The molecule has 0 saturated heterocycles. The van der Waals surface area contributed by atoms with Crippen LogP contribution in [0.15, 0.2) is 36.4 Å². The Labute approximate surface area is 185 Å². The zero-order valence-corrected chi connectivity index (χ0v) is 18.3. The fourth-order valence-electron chi connectivity index (χ4n) is 3.53. The maximum Gasteiger partial charge on any atom is 0.200 e. The van der Waals surface area contributed by atoms with E-state index >= 15 is 0 Å². The second-order valence-corrected chi connectivity index (χ2v) is 7.17. The van der Waals surface area contributed by atoms with Crippen LogP contribution in [-0.2, 0) is 12.8 Å². The summed E-state index contributed by atoms with van der Waals surface area (Å²) in [4.78, 5) is 0. The maximum absolute atomic E-state index is 10.4. The first-order valence-electron chi connectivity index (χ1n) is 9.72. The molecular formula is C24H26O8. The van der Waals surface area contributed by atoms with Crippen molar-refractivity contribution in [1.82, 2.24) is 0 Å². The van der Waals surface area contributed by atoms with Crippen LogP contribution in [0.4, 0.5) is 0 Å². The van der Waals surface area contributed by atoms with Crippen molar-refractivity contribution >= 4 is 0 Å². The van der Waals surface area contributed by atoms with Crippen LogP contribution >= 0.6 is 0 Å². The monoisotopic (exact) mass is 442 g/mol. The largest absolute Gasteiger partial charge is 0.504 e. The van der Waals surface area contributed by atoms with Crippen LogP contribution in [0.2, 0.25) is 0 Å². The van der Waals surface area contributed by atoms with E-state index in [1.807, 2.05) is 0 Å². The lowest BCUT2D eigenvalue weighted by Crippen LogP contribution is -1.97. The summed E-state index contributed by atoms with van der Waals surface area (Å²) in [6.07, 6.45) is 0.637. The van der Waals surface area contributed by atoms with E-state index in [1.165, 1.54) is 34.5 Å². The van der Waals surface area contributed by atoms with Crippen molar-refractivity contribution in [2.75, 3.05) is 28.4 Å². The van der Waals surface area contributed by atoms with Crippen molar-refractivity contribution in [2.45, 2.75) is 12.8 Å². The molecule has 3 rings (SSSR count). The topological polar surface area (TPSA) is 118 Å². The fraction of sp³-hybridized carbons (Fsp3) is 0.250. The zero-order valence-electron chi connectivity index (χ0n) is 18.3. The Kier molecular flexibility index (Phi) is 6.73. The van der Waals surface area contributed by atoms with Gasteiger partial charge in [0, 0.05) is 12.0 Å². The predicted octanol–water partition coefficient (Wildman–Crippen LogP) is 3.73. The second kappa shape index (κ2) is 9.47. The van der Waals surface area contributed by atoms with Gasteiger partial charge in [0.25, 0.3) is 0 Å². The molecule has 4 N–H and O–H groups in total. The molecule has 0 heterocycles. The molecule has 3 aromatic rings. The first-order chi connectivity index (χ1) is 15.3. The Morgan fingerprint density at radius 2 is 0.875 bits per heavy atom. The highest BCUT2D eigenvalue weighted by Gasteiger charge is 2.16. The minimum atomic E-state index is -0.257. The van der Waals surface area contributed by atoms with Crippen molar-refractivity contribution < 1.29 is 39.4 Å². The third-order valence-electron chi connectivity index (χ3n) is 5.11. The first kappa shape index (κ1) is 22.7. The van der Waals surface area contributed by atoms with Gasteiger partial charge in [0.15, 0.2) is 34.5 Å². The van der Waals surface area contributed by atoms with E-state index in [2.05, 4.69) is 0 Å². The molecule has 0 aliphatic carbocycles. The predicted molar refractivity (Wildman–Crippen MR) is 118 cm³/mol. The highest BCUT2D eigenvalue weighted by molar-refractivity contribution is 5.57. The summed E-state index contributed by atoms with van der Waals surface area (Å²) in [5, 5.41) is 40.9. The number of ether oxygens (including phenoxy) is 4. The van der Waals surface area contributed by atoms with Gasteiger partial charge in [0.2, 0.25) is 11.5 Å². The van der Waals surface area contributed by atoms with Gasteiger partial charge < -0.3 is 39.4 Å². The molecule has 32 heavy (non-hydrogen) atoms. The summed E-state index contributed by atoms with van der Waals surface area (Å²) in [5.41, 5.74) is 2.69. The first-order valence-corrected chi connectivity index (χ1v) is 9.72. The smallest absolute Gasteiger partial charge is 0.200 e. The molecule has 0 fully saturated rings. The number of phenolic OH excluding ortho intramolecular Hbond substituents is 4. The van der Waals surface area contributed by atoms with E-state index in [4.69, 9.17) is 18.9 Å². The van der Waals surface area contributed by atoms with E-state index in [-0.39, 0.29) is 52.4 Å². The van der Waals surface area contributed by atoms with Crippen LogP contribution in [0.1, 0.15) is 22.3 Å². The zero-order chi connectivity index (χ0) is 23.4. The summed E-state index contributed by atoms with van der Waals surface area (Å²) in [6.45, 7) is 0. The number of rotatable bonds is 8. The Morgan fingerprint density at radius 1 is 0.500 bits per heavy atom. The van der Waals surface area contributed by atoms with Crippen LogP contribution in [0, 0.1) is 0 Å². The van der Waals surface area contributed by atoms with Gasteiger partial charge in [0.1, 0.15) is 0 Å². The summed E-state index contributed by atoms with van der Waals surface area (Å²) in [7, 11) is 5.76. The van der Waals surface area contributed by atoms with Crippen LogP contribution < -0.4 is 18.9 Å². The van der Waals surface area contributed by atoms with E-state index in [0.717, 1.165) is 11.1 Å². The second-order valence-electron chi connectivity index (χ2n) is 7.17. The molecule has 8 nitrogen and oxygen atoms in total. The Morgan fingerprint density at radius 3 is 1.28 bits per heavy atom. The molecule has 0 saturated carbocycles. The van der Waals surface area contributed by atoms with Gasteiger partial charge in [-0.1, -0.05) is 6.07 Å². The molecule has 0 aliphatic heterocycles. The molecule has 0 spiro atoms. The molecule has 0 atom stereocenters. The van der Waals surface area contributed by atoms with Gasteiger partial charge in [-0.05, 0) is 53.4 Å². The lowest BCUT2D eigenvalue weighted by atomic mass is 9.97. The molecule has 3 aromatic carbocycles. The van der Waals surface area contributed by atoms with E-state index in [9.17, 15) is 20.4 Å². The van der Waals surface area contributed by atoms with Gasteiger partial charge in [0.05, 0.1) is 28.4 Å². The van der Waals surface area contributed by atoms with Crippen LogP contribution in [0.3, 0.4) is 0 Å². The van der Waals surface area contributed by atoms with Crippen molar-refractivity contribution in [3.8, 4) is 46.0 Å². The van der Waals surface area contributed by atoms with E-state index in [0.29, 0.717) is 17.5 Å². The number of aromatic hydroxyl groups is 4. The molecule has 0 radical (unpaired) electrons. The maximum atomic E-state index is 10.4. The highest BCUT2D eigenvalue weighted by Crippen LogP contribution is 2.40. The third-order valence-corrected chi connectivity index (χ3v) is 5.11. The Balaban J connectivity index is 1.97. The summed E-state index contributed by atoms with van der Waals surface area (Å²) in [6, 6.07) is 9.87. The van der Waals surface area contributed by atoms with Crippen LogP contribution in [0.25, 0.3) is 0 Å². The van der Waals surface area contributed by atoms with Crippen molar-refractivity contribution in [3.05, 3.63) is 58.7 Å².